The van der Waals surface area contributed by atoms with E-state index in [-0.39, 0.29) is 30.2 Å². The molecule has 21 heavy (non-hydrogen) atoms. The Kier molecular flexibility index (Phi) is 5.37. The number of amides is 1. The lowest BCUT2D eigenvalue weighted by molar-refractivity contribution is -0.157. The molecule has 0 saturated carbocycles. The molecule has 0 aromatic carbocycles. The van der Waals surface area contributed by atoms with E-state index < -0.39 is 18.0 Å². The average Bonchev–Trinajstić information content (AvgIpc) is 2.76. The molecule has 6 nitrogen and oxygen atoms in total. The minimum absolute atomic E-state index is 0.0256. The summed E-state index contributed by atoms with van der Waals surface area (Å²) in [7, 11) is 0. The molecule has 3 atom stereocenters. The topological polar surface area (TPSA) is 87.1 Å². The smallest absolute Gasteiger partial charge is 0.357 e. The summed E-state index contributed by atoms with van der Waals surface area (Å²) in [6, 6.07) is 0. The van der Waals surface area contributed by atoms with Gasteiger partial charge in [0.05, 0.1) is 22.9 Å². The van der Waals surface area contributed by atoms with E-state index in [1.165, 1.54) is 34.5 Å². The molecule has 0 bridgehead atoms. The van der Waals surface area contributed by atoms with Crippen molar-refractivity contribution in [2.45, 2.75) is 18.4 Å². The number of carbonyl (C=O) groups is 2. The van der Waals surface area contributed by atoms with Crippen LogP contribution in [0.4, 0.5) is 0 Å². The van der Waals surface area contributed by atoms with E-state index in [1.807, 2.05) is 0 Å². The summed E-state index contributed by atoms with van der Waals surface area (Å²) >= 11 is 2.67. The standard InChI is InChI=1S/C13H17NO5S2/c1-3-5-19-12(18)9-13(20-6-4-15)21-11-8(7(2)16)10(17)14(9)11/h3,7-8,11,15-16H,1,4-6H2,2H3/t7?,8?,11-/m1/s1. The quantitative estimate of drug-likeness (QED) is 0.399. The predicted molar refractivity (Wildman–Crippen MR) is 81.1 cm³/mol. The van der Waals surface area contributed by atoms with Gasteiger partial charge in [-0.15, -0.1) is 11.8 Å². The van der Waals surface area contributed by atoms with Crippen molar-refractivity contribution in [1.29, 1.82) is 0 Å². The van der Waals surface area contributed by atoms with Crippen LogP contribution in [0.25, 0.3) is 0 Å². The molecule has 0 spiro atoms. The van der Waals surface area contributed by atoms with Crippen molar-refractivity contribution in [3.05, 3.63) is 22.6 Å². The molecule has 2 aliphatic rings. The molecular weight excluding hydrogens is 314 g/mol. The highest BCUT2D eigenvalue weighted by Gasteiger charge is 2.57. The van der Waals surface area contributed by atoms with Gasteiger partial charge in [-0.05, 0) is 6.92 Å². The van der Waals surface area contributed by atoms with Crippen LogP contribution in [0.2, 0.25) is 0 Å². The maximum Gasteiger partial charge on any atom is 0.357 e. The van der Waals surface area contributed by atoms with Crippen LogP contribution < -0.4 is 0 Å². The first-order valence-electron chi connectivity index (χ1n) is 6.46. The van der Waals surface area contributed by atoms with Gasteiger partial charge in [-0.2, -0.15) is 0 Å². The number of aliphatic hydroxyl groups excluding tert-OH is 2. The van der Waals surface area contributed by atoms with E-state index in [4.69, 9.17) is 9.84 Å². The van der Waals surface area contributed by atoms with Gasteiger partial charge in [-0.3, -0.25) is 9.69 Å². The summed E-state index contributed by atoms with van der Waals surface area (Å²) in [5, 5.41) is 18.3. The Morgan fingerprint density at radius 2 is 2.38 bits per heavy atom. The summed E-state index contributed by atoms with van der Waals surface area (Å²) in [6.07, 6.45) is 0.689. The van der Waals surface area contributed by atoms with Gasteiger partial charge in [0.2, 0.25) is 5.91 Å². The van der Waals surface area contributed by atoms with Crippen molar-refractivity contribution >= 4 is 35.4 Å². The van der Waals surface area contributed by atoms with E-state index in [0.29, 0.717) is 9.99 Å². The van der Waals surface area contributed by atoms with Gasteiger partial charge in [0.15, 0.2) is 5.70 Å². The first-order chi connectivity index (χ1) is 10.0. The highest BCUT2D eigenvalue weighted by Crippen LogP contribution is 2.53. The molecular formula is C13H17NO5S2. The lowest BCUT2D eigenvalue weighted by Gasteiger charge is -2.43. The summed E-state index contributed by atoms with van der Waals surface area (Å²) in [4.78, 5) is 25.6. The molecule has 0 radical (unpaired) electrons. The van der Waals surface area contributed by atoms with Crippen LogP contribution in [-0.2, 0) is 14.3 Å². The molecule has 2 rings (SSSR count). The maximum atomic E-state index is 12.1. The SMILES string of the molecule is C=CCOC(=O)C1=C(SCCO)S[C@@H]2C(C(C)O)C(=O)N12. The molecule has 2 aliphatic heterocycles. The summed E-state index contributed by atoms with van der Waals surface area (Å²) in [5.41, 5.74) is 0.215. The van der Waals surface area contributed by atoms with Crippen molar-refractivity contribution < 1.29 is 24.5 Å². The molecule has 1 saturated heterocycles. The number of esters is 1. The largest absolute Gasteiger partial charge is 0.457 e. The third-order valence-corrected chi connectivity index (χ3v) is 5.75. The Labute approximate surface area is 131 Å². The van der Waals surface area contributed by atoms with Gasteiger partial charge in [-0.1, -0.05) is 24.4 Å². The predicted octanol–water partition coefficient (Wildman–Crippen LogP) is 0.522. The van der Waals surface area contributed by atoms with Crippen molar-refractivity contribution in [3.8, 4) is 0 Å². The molecule has 8 heteroatoms. The van der Waals surface area contributed by atoms with E-state index in [0.717, 1.165) is 0 Å². The third-order valence-electron chi connectivity index (χ3n) is 3.12. The molecule has 0 aromatic rings. The first-order valence-corrected chi connectivity index (χ1v) is 8.33. The minimum atomic E-state index is -0.765. The molecule has 0 aliphatic carbocycles. The first kappa shape index (κ1) is 16.4. The van der Waals surface area contributed by atoms with Crippen LogP contribution in [-0.4, -0.2) is 57.4 Å². The normalized spacial score (nSPS) is 25.5. The molecule has 1 amide bonds. The Morgan fingerprint density at radius 3 is 2.95 bits per heavy atom. The summed E-state index contributed by atoms with van der Waals surface area (Å²) in [6.45, 7) is 5.08. The van der Waals surface area contributed by atoms with Crippen LogP contribution in [0.5, 0.6) is 0 Å². The molecule has 2 N–H and O–H groups in total. The molecule has 2 heterocycles. The van der Waals surface area contributed by atoms with Crippen LogP contribution in [0.3, 0.4) is 0 Å². The van der Waals surface area contributed by atoms with Gasteiger partial charge < -0.3 is 14.9 Å². The number of ether oxygens (including phenoxy) is 1. The number of hydrogen-bond donors (Lipinski definition) is 2. The van der Waals surface area contributed by atoms with E-state index in [9.17, 15) is 14.7 Å². The van der Waals surface area contributed by atoms with Gasteiger partial charge in [0, 0.05) is 5.75 Å². The van der Waals surface area contributed by atoms with Gasteiger partial charge in [0.25, 0.3) is 0 Å². The van der Waals surface area contributed by atoms with Crippen LogP contribution in [0.1, 0.15) is 6.92 Å². The number of aliphatic hydroxyl groups is 2. The molecule has 2 unspecified atom stereocenters. The van der Waals surface area contributed by atoms with Gasteiger partial charge in [0.1, 0.15) is 12.0 Å². The highest BCUT2D eigenvalue weighted by atomic mass is 32.2. The number of thioether (sulfide) groups is 2. The Hall–Kier alpha value is -0.960. The highest BCUT2D eigenvalue weighted by molar-refractivity contribution is 8.22. The number of carbonyl (C=O) groups excluding carboxylic acids is 2. The number of hydrogen-bond acceptors (Lipinski definition) is 7. The second kappa shape index (κ2) is 6.87. The fourth-order valence-electron chi connectivity index (χ4n) is 2.18. The van der Waals surface area contributed by atoms with Crippen molar-refractivity contribution in [2.75, 3.05) is 19.0 Å². The summed E-state index contributed by atoms with van der Waals surface area (Å²) < 4.78 is 5.67. The van der Waals surface area contributed by atoms with Gasteiger partial charge in [-0.25, -0.2) is 4.79 Å². The van der Waals surface area contributed by atoms with Crippen molar-refractivity contribution in [2.24, 2.45) is 5.92 Å². The lowest BCUT2D eigenvalue weighted by atomic mass is 9.92. The fraction of sp³-hybridized carbons (Fsp3) is 0.538. The number of rotatable bonds is 7. The van der Waals surface area contributed by atoms with Crippen LogP contribution in [0, 0.1) is 5.92 Å². The zero-order chi connectivity index (χ0) is 15.6. The van der Waals surface area contributed by atoms with Crippen molar-refractivity contribution in [1.82, 2.24) is 4.90 Å². The number of nitrogens with zero attached hydrogens (tertiary/aromatic N) is 1. The van der Waals surface area contributed by atoms with E-state index in [1.54, 1.807) is 6.92 Å². The summed E-state index contributed by atoms with van der Waals surface area (Å²) in [5.74, 6) is -0.936. The van der Waals surface area contributed by atoms with Gasteiger partial charge >= 0.3 is 5.97 Å². The molecule has 1 fully saturated rings. The lowest BCUT2D eigenvalue weighted by Crippen LogP contribution is -2.60. The van der Waals surface area contributed by atoms with E-state index >= 15 is 0 Å². The zero-order valence-corrected chi connectivity index (χ0v) is 13.2. The monoisotopic (exact) mass is 331 g/mol. The average molecular weight is 331 g/mol. The molecule has 0 aromatic heterocycles. The second-order valence-electron chi connectivity index (χ2n) is 4.58. The van der Waals surface area contributed by atoms with Crippen LogP contribution in [0.15, 0.2) is 22.6 Å². The molecule has 116 valence electrons. The third kappa shape index (κ3) is 2.98. The zero-order valence-electron chi connectivity index (χ0n) is 11.5. The fourth-order valence-corrected chi connectivity index (χ4v) is 4.91. The Balaban J connectivity index is 2.20. The Morgan fingerprint density at radius 1 is 1.67 bits per heavy atom. The second-order valence-corrected chi connectivity index (χ2v) is 7.07. The van der Waals surface area contributed by atoms with E-state index in [2.05, 4.69) is 6.58 Å². The number of β-lactam (4-membered cyclic amide) rings is 1. The minimum Gasteiger partial charge on any atom is -0.457 e. The van der Waals surface area contributed by atoms with Crippen LogP contribution >= 0.6 is 23.5 Å². The number of fused-ring (bicyclic) bond motifs is 1. The van der Waals surface area contributed by atoms with Crippen molar-refractivity contribution in [3.63, 3.8) is 0 Å². The maximum absolute atomic E-state index is 12.1. The Bertz CT molecular complexity index is 491.